The van der Waals surface area contributed by atoms with Crippen LogP contribution >= 0.6 is 0 Å². The minimum absolute atomic E-state index is 0.0927. The van der Waals surface area contributed by atoms with E-state index in [0.29, 0.717) is 0 Å². The molecule has 1 N–H and O–H groups in total. The largest absolute Gasteiger partial charge is 0.294 e. The molecule has 1 aromatic heterocycles. The molecule has 0 fully saturated rings. The van der Waals surface area contributed by atoms with Crippen LogP contribution in [0.5, 0.6) is 0 Å². The number of fused-ring (bicyclic) bond motifs is 2. The number of allylic oxidation sites excluding steroid dienone is 1. The van der Waals surface area contributed by atoms with E-state index in [1.165, 1.54) is 6.07 Å². The number of rotatable bonds is 2. The van der Waals surface area contributed by atoms with Crippen LogP contribution in [0.3, 0.4) is 0 Å². The van der Waals surface area contributed by atoms with E-state index in [1.807, 2.05) is 44.5 Å². The predicted octanol–water partition coefficient (Wildman–Crippen LogP) is 3.80. The Bertz CT molecular complexity index is 1110. The van der Waals surface area contributed by atoms with E-state index in [1.54, 1.807) is 12.1 Å². The molecule has 3 aromatic rings. The van der Waals surface area contributed by atoms with E-state index in [-0.39, 0.29) is 4.90 Å². The average Bonchev–Trinajstić information content (AvgIpc) is 2.49. The van der Waals surface area contributed by atoms with Gasteiger partial charge in [0.25, 0.3) is 10.1 Å². The number of pyridine rings is 1. The predicted molar refractivity (Wildman–Crippen MR) is 96.5 cm³/mol. The SMILES string of the molecule is CC(C)=Cc1c2cc(S(=O)(=O)O)ccc2[n+](C)c2cc(C)ccc12. The van der Waals surface area contributed by atoms with Crippen LogP contribution in [0.25, 0.3) is 27.9 Å². The minimum Gasteiger partial charge on any atom is -0.282 e. The molecule has 1 heterocycles. The van der Waals surface area contributed by atoms with Gasteiger partial charge in [0.05, 0.1) is 15.7 Å². The summed E-state index contributed by atoms with van der Waals surface area (Å²) in [5.41, 5.74) is 5.23. The first kappa shape index (κ1) is 16.6. The van der Waals surface area contributed by atoms with Gasteiger partial charge in [-0.05, 0) is 44.5 Å². The molecule has 5 heteroatoms. The summed E-state index contributed by atoms with van der Waals surface area (Å²) in [6, 6.07) is 10.9. The third-order valence-corrected chi connectivity index (χ3v) is 5.00. The minimum atomic E-state index is -4.24. The molecule has 3 rings (SSSR count). The van der Waals surface area contributed by atoms with Crippen LogP contribution in [0.4, 0.5) is 0 Å². The molecule has 124 valence electrons. The molecular formula is C19H20NO3S+. The van der Waals surface area contributed by atoms with Gasteiger partial charge in [-0.15, -0.1) is 0 Å². The van der Waals surface area contributed by atoms with Crippen molar-refractivity contribution in [2.75, 3.05) is 0 Å². The van der Waals surface area contributed by atoms with E-state index in [9.17, 15) is 13.0 Å². The Hall–Kier alpha value is -2.24. The Morgan fingerprint density at radius 3 is 2.38 bits per heavy atom. The molecule has 2 aromatic carbocycles. The van der Waals surface area contributed by atoms with E-state index < -0.39 is 10.1 Å². The Morgan fingerprint density at radius 2 is 1.75 bits per heavy atom. The zero-order valence-corrected chi connectivity index (χ0v) is 15.0. The first-order valence-corrected chi connectivity index (χ1v) is 9.11. The van der Waals surface area contributed by atoms with E-state index >= 15 is 0 Å². The third kappa shape index (κ3) is 2.81. The molecule has 0 unspecified atom stereocenters. The number of benzene rings is 2. The second-order valence-corrected chi connectivity index (χ2v) is 7.79. The molecule has 0 atom stereocenters. The fourth-order valence-electron chi connectivity index (χ4n) is 3.05. The second-order valence-electron chi connectivity index (χ2n) is 6.37. The number of hydrogen-bond donors (Lipinski definition) is 1. The van der Waals surface area contributed by atoms with Gasteiger partial charge in [0.1, 0.15) is 7.05 Å². The standard InChI is InChI=1S/C19H19NO3S/c1-12(2)9-16-15-7-5-13(3)10-19(15)20(4)18-8-6-14(11-17(16)18)24(21,22)23/h5-11H,1-4H3/p+1. The summed E-state index contributed by atoms with van der Waals surface area (Å²) < 4.78 is 34.5. The van der Waals surface area contributed by atoms with Crippen molar-refractivity contribution in [1.29, 1.82) is 0 Å². The first-order chi connectivity index (χ1) is 11.2. The number of nitrogens with zero attached hydrogens (tertiary/aromatic N) is 1. The van der Waals surface area contributed by atoms with Gasteiger partial charge in [-0.1, -0.05) is 17.7 Å². The summed E-state index contributed by atoms with van der Waals surface area (Å²) in [6.07, 6.45) is 2.05. The van der Waals surface area contributed by atoms with Gasteiger partial charge >= 0.3 is 0 Å². The lowest BCUT2D eigenvalue weighted by molar-refractivity contribution is -0.617. The van der Waals surface area contributed by atoms with Crippen LogP contribution in [-0.4, -0.2) is 13.0 Å². The Labute approximate surface area is 141 Å². The fraction of sp³-hybridized carbons (Fsp3) is 0.211. The van der Waals surface area contributed by atoms with E-state index in [2.05, 4.69) is 12.1 Å². The Kier molecular flexibility index (Phi) is 3.94. The van der Waals surface area contributed by atoms with Crippen molar-refractivity contribution < 1.29 is 17.5 Å². The molecule has 0 saturated heterocycles. The normalized spacial score (nSPS) is 11.9. The summed E-state index contributed by atoms with van der Waals surface area (Å²) >= 11 is 0. The molecule has 0 aliphatic rings. The van der Waals surface area contributed by atoms with Gasteiger partial charge in [-0.3, -0.25) is 4.55 Å². The van der Waals surface area contributed by atoms with Crippen molar-refractivity contribution in [3.63, 3.8) is 0 Å². The lowest BCUT2D eigenvalue weighted by atomic mass is 9.99. The molecule has 0 bridgehead atoms. The topological polar surface area (TPSA) is 58.3 Å². The summed E-state index contributed by atoms with van der Waals surface area (Å²) in [7, 11) is -2.28. The highest BCUT2D eigenvalue weighted by molar-refractivity contribution is 7.85. The van der Waals surface area contributed by atoms with Crippen LogP contribution < -0.4 is 4.57 Å². The molecule has 4 nitrogen and oxygen atoms in total. The van der Waals surface area contributed by atoms with Crippen LogP contribution in [-0.2, 0) is 17.2 Å². The van der Waals surface area contributed by atoms with Gasteiger partial charge < -0.3 is 0 Å². The molecular weight excluding hydrogens is 322 g/mol. The summed E-state index contributed by atoms with van der Waals surface area (Å²) in [6.45, 7) is 6.06. The summed E-state index contributed by atoms with van der Waals surface area (Å²) in [5.74, 6) is 0. The fourth-order valence-corrected chi connectivity index (χ4v) is 3.56. The number of aryl methyl sites for hydroxylation is 2. The zero-order valence-electron chi connectivity index (χ0n) is 14.2. The summed E-state index contributed by atoms with van der Waals surface area (Å²) in [5, 5.41) is 1.84. The van der Waals surface area contributed by atoms with Crippen LogP contribution in [0.1, 0.15) is 25.0 Å². The summed E-state index contributed by atoms with van der Waals surface area (Å²) in [4.78, 5) is -0.0927. The molecule has 0 saturated carbocycles. The quantitative estimate of drug-likeness (QED) is 0.438. The zero-order chi connectivity index (χ0) is 17.6. The van der Waals surface area contributed by atoms with Crippen LogP contribution in [0, 0.1) is 6.92 Å². The molecule has 0 aliphatic heterocycles. The molecule has 24 heavy (non-hydrogen) atoms. The van der Waals surface area contributed by atoms with Crippen molar-refractivity contribution in [2.45, 2.75) is 25.7 Å². The highest BCUT2D eigenvalue weighted by Gasteiger charge is 2.20. The maximum absolute atomic E-state index is 11.5. The van der Waals surface area contributed by atoms with Crippen molar-refractivity contribution in [1.82, 2.24) is 0 Å². The highest BCUT2D eigenvalue weighted by Crippen LogP contribution is 2.29. The Morgan fingerprint density at radius 1 is 1.04 bits per heavy atom. The monoisotopic (exact) mass is 342 g/mol. The molecule has 0 spiro atoms. The second kappa shape index (κ2) is 5.69. The highest BCUT2D eigenvalue weighted by atomic mass is 32.2. The lowest BCUT2D eigenvalue weighted by Gasteiger charge is -2.09. The lowest BCUT2D eigenvalue weighted by Crippen LogP contribution is -2.30. The van der Waals surface area contributed by atoms with Crippen molar-refractivity contribution in [2.24, 2.45) is 7.05 Å². The van der Waals surface area contributed by atoms with Gasteiger partial charge in [-0.25, -0.2) is 0 Å². The molecule has 0 radical (unpaired) electrons. The van der Waals surface area contributed by atoms with E-state index in [0.717, 1.165) is 38.5 Å². The molecule has 0 aliphatic carbocycles. The van der Waals surface area contributed by atoms with Gasteiger partial charge in [0.2, 0.25) is 11.0 Å². The van der Waals surface area contributed by atoms with Crippen molar-refractivity contribution in [3.05, 3.63) is 53.1 Å². The third-order valence-electron chi connectivity index (χ3n) is 4.16. The smallest absolute Gasteiger partial charge is 0.282 e. The van der Waals surface area contributed by atoms with Crippen LogP contribution in [0.15, 0.2) is 46.9 Å². The Balaban J connectivity index is 2.59. The van der Waals surface area contributed by atoms with Gasteiger partial charge in [0.15, 0.2) is 0 Å². The maximum Gasteiger partial charge on any atom is 0.294 e. The van der Waals surface area contributed by atoms with Crippen molar-refractivity contribution >= 4 is 38.0 Å². The van der Waals surface area contributed by atoms with Crippen LogP contribution in [0.2, 0.25) is 0 Å². The van der Waals surface area contributed by atoms with E-state index in [4.69, 9.17) is 0 Å². The maximum atomic E-state index is 11.5. The number of hydrogen-bond acceptors (Lipinski definition) is 2. The molecule has 0 amide bonds. The number of aromatic nitrogens is 1. The van der Waals surface area contributed by atoms with Gasteiger partial charge in [-0.2, -0.15) is 13.0 Å². The average molecular weight is 342 g/mol. The van der Waals surface area contributed by atoms with Crippen molar-refractivity contribution in [3.8, 4) is 0 Å². The van der Waals surface area contributed by atoms with Gasteiger partial charge in [0, 0.05) is 17.7 Å². The first-order valence-electron chi connectivity index (χ1n) is 7.67.